The van der Waals surface area contributed by atoms with Gasteiger partial charge in [0.1, 0.15) is 6.04 Å². The van der Waals surface area contributed by atoms with E-state index < -0.39 is 22.0 Å². The summed E-state index contributed by atoms with van der Waals surface area (Å²) in [6, 6.07) is 9.61. The molecule has 3 rings (SSSR count). The van der Waals surface area contributed by atoms with E-state index in [1.165, 1.54) is 6.07 Å². The lowest BCUT2D eigenvalue weighted by Gasteiger charge is -2.14. The molecule has 22 heavy (non-hydrogen) atoms. The summed E-state index contributed by atoms with van der Waals surface area (Å²) >= 11 is 0. The van der Waals surface area contributed by atoms with Crippen LogP contribution in [-0.2, 0) is 14.8 Å². The number of hydrogen-bond donors (Lipinski definition) is 1. The van der Waals surface area contributed by atoms with Gasteiger partial charge in [-0.2, -0.15) is 4.31 Å². The highest BCUT2D eigenvalue weighted by atomic mass is 32.2. The van der Waals surface area contributed by atoms with Crippen LogP contribution in [0.5, 0.6) is 0 Å². The average Bonchev–Trinajstić information content (AvgIpc) is 3.27. The van der Waals surface area contributed by atoms with Crippen LogP contribution in [0.4, 0.5) is 5.69 Å². The van der Waals surface area contributed by atoms with Crippen LogP contribution in [0.3, 0.4) is 0 Å². The van der Waals surface area contributed by atoms with E-state index in [0.717, 1.165) is 15.4 Å². The first-order valence-corrected chi connectivity index (χ1v) is 8.21. The molecular formula is C15H16N2O4S. The van der Waals surface area contributed by atoms with Crippen LogP contribution in [0.2, 0.25) is 0 Å². The number of benzene rings is 2. The molecule has 1 N–H and O–H groups in total. The topological polar surface area (TPSA) is 77.7 Å². The molecule has 0 amide bonds. The predicted octanol–water partition coefficient (Wildman–Crippen LogP) is 1.36. The fraction of sp³-hybridized carbons (Fsp3) is 0.267. The molecule has 2 aromatic rings. The van der Waals surface area contributed by atoms with Gasteiger partial charge >= 0.3 is 5.97 Å². The Labute approximate surface area is 128 Å². The maximum Gasteiger partial charge on any atom is 0.323 e. The van der Waals surface area contributed by atoms with E-state index in [9.17, 15) is 13.2 Å². The molecule has 2 atom stereocenters. The average molecular weight is 320 g/mol. The third-order valence-electron chi connectivity index (χ3n) is 3.78. The van der Waals surface area contributed by atoms with E-state index in [4.69, 9.17) is 5.11 Å². The molecule has 1 saturated heterocycles. The maximum atomic E-state index is 12.6. The summed E-state index contributed by atoms with van der Waals surface area (Å²) in [5.41, 5.74) is 0.970. The number of carboxylic acid groups (broad SMARTS) is 1. The molecular weight excluding hydrogens is 304 g/mol. The second kappa shape index (κ2) is 4.96. The summed E-state index contributed by atoms with van der Waals surface area (Å²) in [5, 5.41) is 10.3. The van der Waals surface area contributed by atoms with Gasteiger partial charge in [-0.1, -0.05) is 18.2 Å². The van der Waals surface area contributed by atoms with Gasteiger partial charge < -0.3 is 10.0 Å². The quantitative estimate of drug-likeness (QED) is 0.861. The van der Waals surface area contributed by atoms with Crippen LogP contribution in [0.25, 0.3) is 10.8 Å². The second-order valence-corrected chi connectivity index (χ2v) is 7.34. The largest absolute Gasteiger partial charge is 0.480 e. The molecule has 1 fully saturated rings. The Balaban J connectivity index is 2.10. The maximum absolute atomic E-state index is 12.6. The first-order chi connectivity index (χ1) is 10.3. The Morgan fingerprint density at radius 1 is 1.27 bits per heavy atom. The van der Waals surface area contributed by atoms with Crippen molar-refractivity contribution in [3.63, 3.8) is 0 Å². The van der Waals surface area contributed by atoms with Crippen molar-refractivity contribution in [3.05, 3.63) is 36.4 Å². The van der Waals surface area contributed by atoms with Crippen LogP contribution in [-0.4, -0.2) is 50.5 Å². The van der Waals surface area contributed by atoms with Gasteiger partial charge in [0.2, 0.25) is 10.0 Å². The highest BCUT2D eigenvalue weighted by molar-refractivity contribution is 7.89. The van der Waals surface area contributed by atoms with Gasteiger partial charge in [0, 0.05) is 31.7 Å². The number of nitrogens with zero attached hydrogens (tertiary/aromatic N) is 2. The van der Waals surface area contributed by atoms with E-state index in [1.807, 2.05) is 37.2 Å². The zero-order valence-corrected chi connectivity index (χ0v) is 13.0. The number of carbonyl (C=O) groups is 1. The van der Waals surface area contributed by atoms with Gasteiger partial charge in [-0.25, -0.2) is 8.42 Å². The van der Waals surface area contributed by atoms with Gasteiger partial charge in [-0.3, -0.25) is 4.79 Å². The smallest absolute Gasteiger partial charge is 0.323 e. The summed E-state index contributed by atoms with van der Waals surface area (Å²) < 4.78 is 26.2. The zero-order valence-electron chi connectivity index (χ0n) is 12.2. The number of hydrogen-bond acceptors (Lipinski definition) is 4. The Morgan fingerprint density at radius 3 is 2.59 bits per heavy atom. The van der Waals surface area contributed by atoms with E-state index in [1.54, 1.807) is 12.1 Å². The summed E-state index contributed by atoms with van der Waals surface area (Å²) in [5.74, 6) is -1.11. The number of fused-ring (bicyclic) bond motifs is 1. The van der Waals surface area contributed by atoms with Crippen LogP contribution < -0.4 is 4.90 Å². The summed E-state index contributed by atoms with van der Waals surface area (Å²) in [6.07, 6.45) is 0. The third kappa shape index (κ3) is 2.32. The summed E-state index contributed by atoms with van der Waals surface area (Å²) in [7, 11) is 0.0429. The molecule has 2 aromatic carbocycles. The van der Waals surface area contributed by atoms with Gasteiger partial charge in [0.15, 0.2) is 0 Å². The van der Waals surface area contributed by atoms with E-state index in [0.29, 0.717) is 5.39 Å². The van der Waals surface area contributed by atoms with Crippen molar-refractivity contribution >= 4 is 32.5 Å². The lowest BCUT2D eigenvalue weighted by atomic mass is 10.1. The number of sulfonamides is 1. The van der Waals surface area contributed by atoms with Crippen LogP contribution in [0.15, 0.2) is 41.3 Å². The van der Waals surface area contributed by atoms with E-state index >= 15 is 0 Å². The molecule has 0 spiro atoms. The molecule has 0 saturated carbocycles. The molecule has 1 unspecified atom stereocenters. The molecule has 0 bridgehead atoms. The van der Waals surface area contributed by atoms with E-state index in [2.05, 4.69) is 0 Å². The molecule has 6 nitrogen and oxygen atoms in total. The number of rotatable bonds is 4. The summed E-state index contributed by atoms with van der Waals surface area (Å²) in [4.78, 5) is 13.0. The molecule has 116 valence electrons. The fourth-order valence-electron chi connectivity index (χ4n) is 2.46. The van der Waals surface area contributed by atoms with Crippen LogP contribution in [0, 0.1) is 0 Å². The van der Waals surface area contributed by atoms with Crippen molar-refractivity contribution in [2.45, 2.75) is 10.9 Å². The molecule has 0 aromatic heterocycles. The Bertz CT molecular complexity index is 861. The Kier molecular flexibility index (Phi) is 3.34. The molecule has 1 aliphatic rings. The van der Waals surface area contributed by atoms with Gasteiger partial charge in [-0.05, 0) is 23.6 Å². The highest BCUT2D eigenvalue weighted by Crippen LogP contribution is 2.33. The SMILES string of the molecule is CN(C)c1ccc2c(S(=O)(=O)N3C[C@@H]3C(=O)O)cccc2c1. The van der Waals surface area contributed by atoms with E-state index in [-0.39, 0.29) is 11.4 Å². The van der Waals surface area contributed by atoms with Gasteiger partial charge in [0.25, 0.3) is 0 Å². The van der Waals surface area contributed by atoms with Crippen molar-refractivity contribution in [3.8, 4) is 0 Å². The molecule has 1 aliphatic heterocycles. The Hall–Kier alpha value is -2.12. The normalized spacial score (nSPS) is 20.8. The zero-order chi connectivity index (χ0) is 16.1. The lowest BCUT2D eigenvalue weighted by molar-refractivity contribution is -0.136. The fourth-order valence-corrected chi connectivity index (χ4v) is 4.19. The van der Waals surface area contributed by atoms with Crippen molar-refractivity contribution in [2.24, 2.45) is 0 Å². The minimum absolute atomic E-state index is 0.0316. The minimum Gasteiger partial charge on any atom is -0.480 e. The molecule has 1 heterocycles. The monoisotopic (exact) mass is 320 g/mol. The highest BCUT2D eigenvalue weighted by Gasteiger charge is 2.49. The standard InChI is InChI=1S/C15H16N2O4S/c1-16(2)11-6-7-12-10(8-11)4-3-5-14(12)22(20,21)17-9-13(17)15(18)19/h3-8,13H,9H2,1-2H3,(H,18,19)/t13-,17?/m1/s1. The predicted molar refractivity (Wildman–Crippen MR) is 83.6 cm³/mol. The Morgan fingerprint density at radius 2 is 2.00 bits per heavy atom. The summed E-state index contributed by atoms with van der Waals surface area (Å²) in [6.45, 7) is 0.0316. The molecule has 0 aliphatic carbocycles. The first-order valence-electron chi connectivity index (χ1n) is 6.77. The van der Waals surface area contributed by atoms with Crippen molar-refractivity contribution in [2.75, 3.05) is 25.5 Å². The molecule has 0 radical (unpaired) electrons. The number of aliphatic carboxylic acids is 1. The first kappa shape index (κ1) is 14.8. The minimum atomic E-state index is -3.78. The third-order valence-corrected chi connectivity index (χ3v) is 5.71. The van der Waals surface area contributed by atoms with Gasteiger partial charge in [0.05, 0.1) is 4.90 Å². The van der Waals surface area contributed by atoms with Crippen molar-refractivity contribution in [1.29, 1.82) is 0 Å². The molecule has 7 heteroatoms. The number of anilines is 1. The second-order valence-electron chi connectivity index (χ2n) is 5.48. The van der Waals surface area contributed by atoms with Crippen molar-refractivity contribution < 1.29 is 18.3 Å². The van der Waals surface area contributed by atoms with Gasteiger partial charge in [-0.15, -0.1) is 0 Å². The lowest BCUT2D eigenvalue weighted by Crippen LogP contribution is -2.19. The number of carboxylic acids is 1. The van der Waals surface area contributed by atoms with Crippen LogP contribution >= 0.6 is 0 Å². The van der Waals surface area contributed by atoms with Crippen LogP contribution in [0.1, 0.15) is 0 Å². The van der Waals surface area contributed by atoms with Crippen molar-refractivity contribution in [1.82, 2.24) is 4.31 Å².